The third-order valence-corrected chi connectivity index (χ3v) is 2.83. The first-order chi connectivity index (χ1) is 6.50. The smallest absolute Gasteiger partial charge is 0.102 e. The average molecular weight is 193 g/mol. The van der Waals surface area contributed by atoms with Gasteiger partial charge in [0, 0.05) is 6.04 Å². The van der Waals surface area contributed by atoms with Gasteiger partial charge in [-0.1, -0.05) is 31.2 Å². The molecule has 14 heavy (non-hydrogen) atoms. The molecule has 0 saturated carbocycles. The normalized spacial score (nSPS) is 17.5. The highest BCUT2D eigenvalue weighted by Gasteiger charge is 2.29. The molecule has 0 spiro atoms. The van der Waals surface area contributed by atoms with E-state index in [-0.39, 0.29) is 6.04 Å². The van der Waals surface area contributed by atoms with E-state index in [1.807, 2.05) is 31.2 Å². The molecule has 0 fully saturated rings. The van der Waals surface area contributed by atoms with Crippen LogP contribution in [0.25, 0.3) is 0 Å². The van der Waals surface area contributed by atoms with E-state index in [4.69, 9.17) is 5.73 Å². The van der Waals surface area contributed by atoms with Crippen LogP contribution in [0.2, 0.25) is 0 Å². The summed E-state index contributed by atoms with van der Waals surface area (Å²) in [4.78, 5) is 0. The van der Waals surface area contributed by atoms with Gasteiger partial charge in [0.05, 0.1) is 0 Å². The van der Waals surface area contributed by atoms with Crippen molar-refractivity contribution in [2.75, 3.05) is 0 Å². The van der Waals surface area contributed by atoms with Crippen molar-refractivity contribution in [1.82, 2.24) is 0 Å². The number of benzene rings is 1. The van der Waals surface area contributed by atoms with E-state index in [9.17, 15) is 5.11 Å². The molecule has 2 heteroatoms. The Morgan fingerprint density at radius 1 is 1.43 bits per heavy atom. The first kappa shape index (κ1) is 11.2. The SMILES string of the molecule is CCc1ccccc1C(C)(O)C(C)N. The molecule has 2 nitrogen and oxygen atoms in total. The quantitative estimate of drug-likeness (QED) is 0.769. The zero-order valence-electron chi connectivity index (χ0n) is 9.12. The monoisotopic (exact) mass is 193 g/mol. The summed E-state index contributed by atoms with van der Waals surface area (Å²) in [5.41, 5.74) is 6.94. The second-order valence-electron chi connectivity index (χ2n) is 3.95. The van der Waals surface area contributed by atoms with Crippen molar-refractivity contribution >= 4 is 0 Å². The van der Waals surface area contributed by atoms with Crippen molar-refractivity contribution in [2.24, 2.45) is 5.73 Å². The van der Waals surface area contributed by atoms with Crippen LogP contribution in [0.15, 0.2) is 24.3 Å². The Labute approximate surface area is 85.8 Å². The number of rotatable bonds is 3. The predicted octanol–water partition coefficient (Wildman–Crippen LogP) is 1.80. The summed E-state index contributed by atoms with van der Waals surface area (Å²) in [7, 11) is 0. The Morgan fingerprint density at radius 2 is 2.00 bits per heavy atom. The molecule has 0 amide bonds. The molecule has 0 bridgehead atoms. The highest BCUT2D eigenvalue weighted by Crippen LogP contribution is 2.26. The molecule has 3 N–H and O–H groups in total. The molecule has 0 aliphatic rings. The standard InChI is InChI=1S/C12H19NO/c1-4-10-7-5-6-8-11(10)12(3,14)9(2)13/h5-9,14H,4,13H2,1-3H3. The van der Waals surface area contributed by atoms with Gasteiger partial charge in [0.1, 0.15) is 5.60 Å². The molecular weight excluding hydrogens is 174 g/mol. The maximum Gasteiger partial charge on any atom is 0.102 e. The zero-order valence-corrected chi connectivity index (χ0v) is 9.12. The summed E-state index contributed by atoms with van der Waals surface area (Å²) in [6, 6.07) is 7.63. The molecule has 2 unspecified atom stereocenters. The van der Waals surface area contributed by atoms with Crippen molar-refractivity contribution < 1.29 is 5.11 Å². The third kappa shape index (κ3) is 1.97. The first-order valence-electron chi connectivity index (χ1n) is 5.06. The van der Waals surface area contributed by atoms with Crippen LogP contribution in [-0.2, 0) is 12.0 Å². The van der Waals surface area contributed by atoms with Gasteiger partial charge in [-0.3, -0.25) is 0 Å². The molecule has 1 rings (SSSR count). The van der Waals surface area contributed by atoms with E-state index < -0.39 is 5.60 Å². The van der Waals surface area contributed by atoms with Crippen molar-refractivity contribution in [3.8, 4) is 0 Å². The van der Waals surface area contributed by atoms with Gasteiger partial charge in [-0.2, -0.15) is 0 Å². The average Bonchev–Trinajstić information content (AvgIpc) is 2.17. The fourth-order valence-corrected chi connectivity index (χ4v) is 1.57. The minimum Gasteiger partial charge on any atom is -0.384 e. The number of nitrogens with two attached hydrogens (primary N) is 1. The van der Waals surface area contributed by atoms with Gasteiger partial charge in [-0.05, 0) is 31.4 Å². The van der Waals surface area contributed by atoms with Gasteiger partial charge in [-0.25, -0.2) is 0 Å². The molecule has 0 radical (unpaired) electrons. The first-order valence-corrected chi connectivity index (χ1v) is 5.06. The maximum atomic E-state index is 10.2. The molecular formula is C12H19NO. The molecule has 0 aliphatic carbocycles. The number of aryl methyl sites for hydroxylation is 1. The Bertz CT molecular complexity index is 305. The van der Waals surface area contributed by atoms with Gasteiger partial charge in [0.2, 0.25) is 0 Å². The second-order valence-corrected chi connectivity index (χ2v) is 3.95. The number of hydrogen-bond donors (Lipinski definition) is 2. The molecule has 1 aromatic rings. The van der Waals surface area contributed by atoms with Gasteiger partial charge in [0.25, 0.3) is 0 Å². The molecule has 78 valence electrons. The van der Waals surface area contributed by atoms with Crippen LogP contribution in [0, 0.1) is 0 Å². The summed E-state index contributed by atoms with van der Waals surface area (Å²) in [6.07, 6.45) is 0.916. The second kappa shape index (κ2) is 4.11. The topological polar surface area (TPSA) is 46.2 Å². The fourth-order valence-electron chi connectivity index (χ4n) is 1.57. The van der Waals surface area contributed by atoms with Crippen LogP contribution >= 0.6 is 0 Å². The van der Waals surface area contributed by atoms with Crippen LogP contribution in [0.5, 0.6) is 0 Å². The van der Waals surface area contributed by atoms with Crippen molar-refractivity contribution in [3.63, 3.8) is 0 Å². The summed E-state index contributed by atoms with van der Waals surface area (Å²) < 4.78 is 0. The third-order valence-electron chi connectivity index (χ3n) is 2.83. The molecule has 0 heterocycles. The van der Waals surface area contributed by atoms with Gasteiger partial charge in [-0.15, -0.1) is 0 Å². The number of aliphatic hydroxyl groups is 1. The van der Waals surface area contributed by atoms with Crippen LogP contribution < -0.4 is 5.73 Å². The largest absolute Gasteiger partial charge is 0.384 e. The predicted molar refractivity (Wildman–Crippen MR) is 59.0 cm³/mol. The lowest BCUT2D eigenvalue weighted by atomic mass is 9.85. The highest BCUT2D eigenvalue weighted by molar-refractivity contribution is 5.32. The Balaban J connectivity index is 3.17. The maximum absolute atomic E-state index is 10.2. The molecule has 1 aromatic carbocycles. The van der Waals surface area contributed by atoms with Crippen molar-refractivity contribution in [2.45, 2.75) is 38.8 Å². The molecule has 0 aliphatic heterocycles. The van der Waals surface area contributed by atoms with Crippen LogP contribution in [0.4, 0.5) is 0 Å². The van der Waals surface area contributed by atoms with E-state index in [1.54, 1.807) is 6.92 Å². The van der Waals surface area contributed by atoms with Crippen molar-refractivity contribution in [1.29, 1.82) is 0 Å². The lowest BCUT2D eigenvalue weighted by molar-refractivity contribution is 0.0341. The summed E-state index contributed by atoms with van der Waals surface area (Å²) in [5, 5.41) is 10.2. The van der Waals surface area contributed by atoms with Crippen LogP contribution in [-0.4, -0.2) is 11.1 Å². The van der Waals surface area contributed by atoms with Crippen molar-refractivity contribution in [3.05, 3.63) is 35.4 Å². The summed E-state index contributed by atoms with van der Waals surface area (Å²) in [5.74, 6) is 0. The van der Waals surface area contributed by atoms with Crippen LogP contribution in [0.1, 0.15) is 31.9 Å². The van der Waals surface area contributed by atoms with E-state index in [1.165, 1.54) is 0 Å². The minimum atomic E-state index is -0.938. The Morgan fingerprint density at radius 3 is 2.50 bits per heavy atom. The molecule has 0 saturated heterocycles. The van der Waals surface area contributed by atoms with Gasteiger partial charge >= 0.3 is 0 Å². The Hall–Kier alpha value is -0.860. The highest BCUT2D eigenvalue weighted by atomic mass is 16.3. The van der Waals surface area contributed by atoms with E-state index >= 15 is 0 Å². The fraction of sp³-hybridized carbons (Fsp3) is 0.500. The van der Waals surface area contributed by atoms with E-state index in [0.29, 0.717) is 0 Å². The van der Waals surface area contributed by atoms with E-state index in [0.717, 1.165) is 17.5 Å². The molecule has 2 atom stereocenters. The van der Waals surface area contributed by atoms with Gasteiger partial charge in [0.15, 0.2) is 0 Å². The van der Waals surface area contributed by atoms with E-state index in [2.05, 4.69) is 6.92 Å². The lowest BCUT2D eigenvalue weighted by Gasteiger charge is -2.30. The molecule has 0 aromatic heterocycles. The van der Waals surface area contributed by atoms with Gasteiger partial charge < -0.3 is 10.8 Å². The summed E-state index contributed by atoms with van der Waals surface area (Å²) >= 11 is 0. The summed E-state index contributed by atoms with van der Waals surface area (Å²) in [6.45, 7) is 5.68. The zero-order chi connectivity index (χ0) is 10.8. The number of hydrogen-bond acceptors (Lipinski definition) is 2. The minimum absolute atomic E-state index is 0.268. The lowest BCUT2D eigenvalue weighted by Crippen LogP contribution is -2.41. The van der Waals surface area contributed by atoms with Crippen LogP contribution in [0.3, 0.4) is 0 Å². The Kier molecular flexibility index (Phi) is 3.29.